The standard InChI is InChI=1S/C9H15N3.C8H13I2N.Pt/c1-12-7-10-9(11-12)8-5-3-2-4-6-8;9-11(10)8-4-1-7(2-5-8)3-6-8;/h8H,2-6H2,1H3,(H,10,11);7H,1-6H2;. The predicted molar refractivity (Wildman–Crippen MR) is 110 cm³/mol. The third-order valence-electron chi connectivity index (χ3n) is 6.15. The van der Waals surface area contributed by atoms with Crippen molar-refractivity contribution in [3.63, 3.8) is 0 Å². The first-order chi connectivity index (χ1) is 11.5. The fourth-order valence-electron chi connectivity index (χ4n) is 4.45. The fraction of sp³-hybridized carbons (Fsp3) is 0.882. The van der Waals surface area contributed by atoms with Gasteiger partial charge in [-0.1, -0.05) is 0 Å². The van der Waals surface area contributed by atoms with Crippen molar-refractivity contribution >= 4 is 45.7 Å². The summed E-state index contributed by atoms with van der Waals surface area (Å²) in [5.74, 6) is 2.96. The quantitative estimate of drug-likeness (QED) is 0.318. The van der Waals surface area contributed by atoms with Crippen molar-refractivity contribution in [3.8, 4) is 0 Å². The third-order valence-corrected chi connectivity index (χ3v) is 9.22. The monoisotopic (exact) mass is 737 g/mol. The topological polar surface area (TPSA) is 36.9 Å². The van der Waals surface area contributed by atoms with E-state index in [9.17, 15) is 0 Å². The van der Waals surface area contributed by atoms with Crippen molar-refractivity contribution in [2.45, 2.75) is 82.1 Å². The van der Waals surface area contributed by atoms with Gasteiger partial charge in [0.2, 0.25) is 0 Å². The molecule has 4 nitrogen and oxygen atoms in total. The number of fused-ring (bicyclic) bond motifs is 3. The normalized spacial score (nSPS) is 30.3. The maximum atomic E-state index is 4.49. The molecule has 0 aromatic carbocycles. The van der Waals surface area contributed by atoms with E-state index in [2.05, 4.69) is 76.5 Å². The van der Waals surface area contributed by atoms with E-state index in [0.717, 1.165) is 9.72 Å². The van der Waals surface area contributed by atoms with Gasteiger partial charge in [0.05, 0.1) is 0 Å². The zero-order valence-corrected chi connectivity index (χ0v) is 20.9. The summed E-state index contributed by atoms with van der Waals surface area (Å²) in [6.07, 6.45) is 15.6. The molecule has 0 aliphatic heterocycles. The molecule has 1 aromatic heterocycles. The van der Waals surface area contributed by atoms with Crippen LogP contribution in [0.15, 0.2) is 0 Å². The van der Waals surface area contributed by atoms with Gasteiger partial charge in [0.25, 0.3) is 0 Å². The Morgan fingerprint density at radius 1 is 1.08 bits per heavy atom. The van der Waals surface area contributed by atoms with E-state index < -0.39 is 0 Å². The van der Waals surface area contributed by atoms with Crippen LogP contribution in [0.1, 0.15) is 82.4 Å². The molecule has 1 aromatic rings. The van der Waals surface area contributed by atoms with Crippen LogP contribution < -0.4 is 0 Å². The summed E-state index contributed by atoms with van der Waals surface area (Å²) in [6, 6.07) is 0. The number of rotatable bonds is 2. The first kappa shape index (κ1) is 20.0. The van der Waals surface area contributed by atoms with Gasteiger partial charge < -0.3 is 0 Å². The van der Waals surface area contributed by atoms with Crippen molar-refractivity contribution in [3.05, 3.63) is 9.63 Å². The Hall–Kier alpha value is 1.25. The molecule has 4 aliphatic carbocycles. The maximum Gasteiger partial charge on any atom is 0.0408 e. The summed E-state index contributed by atoms with van der Waals surface area (Å²) >= 11 is 7.19. The van der Waals surface area contributed by atoms with Crippen LogP contribution in [0.25, 0.3) is 0 Å². The van der Waals surface area contributed by atoms with E-state index in [-0.39, 0.29) is 0 Å². The molecule has 5 rings (SSSR count). The van der Waals surface area contributed by atoms with Gasteiger partial charge in [0.1, 0.15) is 0 Å². The molecule has 0 atom stereocenters. The Balaban J connectivity index is 0.000000143. The summed E-state index contributed by atoms with van der Waals surface area (Å²) in [5.41, 5.74) is 0.593. The molecule has 0 spiro atoms. The minimum absolute atomic E-state index is 0.593. The Morgan fingerprint density at radius 3 is 2.08 bits per heavy atom. The summed E-state index contributed by atoms with van der Waals surface area (Å²) < 4.78 is 5.46. The van der Waals surface area contributed by atoms with Crippen molar-refractivity contribution < 1.29 is 19.4 Å². The van der Waals surface area contributed by atoms with Crippen LogP contribution in [-0.4, -0.2) is 21.6 Å². The number of nitrogens with one attached hydrogen (secondary N) is 1. The number of H-pyrrole nitrogens is 1. The maximum absolute atomic E-state index is 4.49. The number of hydrogen-bond acceptors (Lipinski definition) is 2. The van der Waals surface area contributed by atoms with Gasteiger partial charge in [-0.25, -0.2) is 0 Å². The third kappa shape index (κ3) is 4.74. The molecule has 0 saturated heterocycles. The molecule has 4 fully saturated rings. The number of aromatic nitrogens is 3. The molecule has 0 amide bonds. The minimum Gasteiger partial charge on any atom is -0.182 e. The number of halogens is 2. The second kappa shape index (κ2) is 8.96. The molecule has 0 unspecified atom stereocenters. The molecule has 4 aliphatic rings. The number of aryl methyl sites for hydroxylation is 1. The van der Waals surface area contributed by atoms with Gasteiger partial charge >= 0.3 is 88.8 Å². The van der Waals surface area contributed by atoms with E-state index in [1.54, 1.807) is 0 Å². The largest absolute Gasteiger partial charge is 0.182 e. The molecule has 4 saturated carbocycles. The zero-order valence-electron chi connectivity index (χ0n) is 14.3. The van der Waals surface area contributed by atoms with Crippen LogP contribution in [0.5, 0.6) is 0 Å². The van der Waals surface area contributed by atoms with Crippen LogP contribution in [0.3, 0.4) is 0 Å². The SMILES string of the molecule is Cn1nc(C2CCCCC2)[nH][c]1=[Pt].IN(I)C12CCC(CC1)CC2. The number of hydrogen-bond donors (Lipinski definition) is 1. The van der Waals surface area contributed by atoms with E-state index >= 15 is 0 Å². The van der Waals surface area contributed by atoms with Crippen molar-refractivity contribution in [2.24, 2.45) is 13.0 Å². The molecule has 0 radical (unpaired) electrons. The average molecular weight is 737 g/mol. The van der Waals surface area contributed by atoms with Gasteiger partial charge in [-0.15, -0.1) is 0 Å². The Morgan fingerprint density at radius 2 is 1.67 bits per heavy atom. The molecule has 7 heteroatoms. The molecule has 1 N–H and O–H groups in total. The second-order valence-corrected chi connectivity index (χ2v) is 12.5. The van der Waals surface area contributed by atoms with Gasteiger partial charge in [0.15, 0.2) is 0 Å². The first-order valence-corrected chi connectivity index (χ1v) is 12.3. The summed E-state index contributed by atoms with van der Waals surface area (Å²) in [6.45, 7) is 0. The molecule has 24 heavy (non-hydrogen) atoms. The predicted octanol–water partition coefficient (Wildman–Crippen LogP) is 5.59. The first-order valence-electron chi connectivity index (χ1n) is 9.20. The van der Waals surface area contributed by atoms with E-state index in [1.165, 1.54) is 76.5 Å². The number of aromatic amines is 1. The fourth-order valence-corrected chi connectivity index (χ4v) is 6.30. The summed E-state index contributed by atoms with van der Waals surface area (Å²) in [7, 11) is 1.99. The van der Waals surface area contributed by atoms with Gasteiger partial charge in [-0.2, -0.15) is 1.33 Å². The van der Waals surface area contributed by atoms with Crippen LogP contribution >= 0.6 is 45.7 Å². The van der Waals surface area contributed by atoms with Crippen molar-refractivity contribution in [1.82, 2.24) is 16.1 Å². The van der Waals surface area contributed by atoms with Crippen molar-refractivity contribution in [2.75, 3.05) is 0 Å². The Kier molecular flexibility index (Phi) is 7.46. The minimum atomic E-state index is 0.593. The van der Waals surface area contributed by atoms with E-state index in [1.807, 2.05) is 11.7 Å². The average Bonchev–Trinajstić information content (AvgIpc) is 2.97. The summed E-state index contributed by atoms with van der Waals surface area (Å²) in [5, 5.41) is 4.49. The van der Waals surface area contributed by atoms with E-state index in [0.29, 0.717) is 11.5 Å². The van der Waals surface area contributed by atoms with Gasteiger partial charge in [-0.3, -0.25) is 0 Å². The van der Waals surface area contributed by atoms with Crippen molar-refractivity contribution in [1.29, 1.82) is 0 Å². The Bertz CT molecular complexity index is 570. The van der Waals surface area contributed by atoms with E-state index in [4.69, 9.17) is 0 Å². The Labute approximate surface area is 184 Å². The van der Waals surface area contributed by atoms with Gasteiger partial charge in [0, 0.05) is 51.3 Å². The summed E-state index contributed by atoms with van der Waals surface area (Å²) in [4.78, 5) is 3.35. The van der Waals surface area contributed by atoms with Crippen LogP contribution in [0, 0.1) is 9.72 Å². The van der Waals surface area contributed by atoms with Gasteiger partial charge in [-0.05, 0) is 44.4 Å². The smallest absolute Gasteiger partial charge is 0.0408 e. The van der Waals surface area contributed by atoms with Crippen LogP contribution in [0.4, 0.5) is 0 Å². The molecule has 2 bridgehead atoms. The molecule has 1 heterocycles. The second-order valence-electron chi connectivity index (χ2n) is 7.67. The molecule has 140 valence electrons. The molecular weight excluding hydrogens is 709 g/mol. The number of nitrogens with zero attached hydrogens (tertiary/aromatic N) is 3. The van der Waals surface area contributed by atoms with Crippen LogP contribution in [0.2, 0.25) is 0 Å². The molecular formula is C17H28I2N4Pt. The van der Waals surface area contributed by atoms with Crippen LogP contribution in [-0.2, 0) is 26.4 Å². The zero-order chi connectivity index (χ0) is 17.2.